The minimum absolute atomic E-state index is 0.0240. The highest BCUT2D eigenvalue weighted by atomic mass is 32.2. The molecule has 0 fully saturated rings. The Morgan fingerprint density at radius 1 is 1.07 bits per heavy atom. The summed E-state index contributed by atoms with van der Waals surface area (Å²) in [5.74, 6) is 0.195. The van der Waals surface area contributed by atoms with Gasteiger partial charge >= 0.3 is 0 Å². The third kappa shape index (κ3) is 4.26. The number of ether oxygens (including phenoxy) is 1. The number of benzene rings is 2. The predicted octanol–water partition coefficient (Wildman–Crippen LogP) is 2.90. The second-order valence-electron chi connectivity index (χ2n) is 5.72. The van der Waals surface area contributed by atoms with Gasteiger partial charge in [-0.25, -0.2) is 18.4 Å². The van der Waals surface area contributed by atoms with Crippen LogP contribution in [-0.2, 0) is 9.84 Å². The van der Waals surface area contributed by atoms with Gasteiger partial charge in [0.25, 0.3) is 5.91 Å². The van der Waals surface area contributed by atoms with Gasteiger partial charge in [-0.3, -0.25) is 4.79 Å². The van der Waals surface area contributed by atoms with Gasteiger partial charge < -0.3 is 15.8 Å². The topological polar surface area (TPSA) is 124 Å². The molecule has 0 radical (unpaired) electrons. The number of nitrogens with zero attached hydrogens (tertiary/aromatic N) is 2. The van der Waals surface area contributed by atoms with Crippen LogP contribution < -0.4 is 15.8 Å². The van der Waals surface area contributed by atoms with Crippen molar-refractivity contribution in [2.75, 3.05) is 16.8 Å². The molecule has 9 heteroatoms. The molecule has 144 valence electrons. The van der Waals surface area contributed by atoms with Crippen molar-refractivity contribution >= 4 is 27.2 Å². The summed E-state index contributed by atoms with van der Waals surface area (Å²) in [6, 6.07) is 12.9. The smallest absolute Gasteiger partial charge is 0.278 e. The van der Waals surface area contributed by atoms with Crippen LogP contribution in [0.4, 0.5) is 11.5 Å². The van der Waals surface area contributed by atoms with Crippen molar-refractivity contribution in [1.29, 1.82) is 0 Å². The maximum absolute atomic E-state index is 12.2. The molecule has 0 saturated heterocycles. The Hall–Kier alpha value is -3.46. The molecule has 0 aliphatic rings. The molecule has 8 nitrogen and oxygen atoms in total. The largest absolute Gasteiger partial charge is 0.456 e. The first-order valence-corrected chi connectivity index (χ1v) is 10.0. The zero-order valence-electron chi connectivity index (χ0n) is 15.0. The van der Waals surface area contributed by atoms with Gasteiger partial charge in [-0.05, 0) is 36.4 Å². The minimum atomic E-state index is -3.41. The van der Waals surface area contributed by atoms with Crippen molar-refractivity contribution in [2.24, 2.45) is 0 Å². The van der Waals surface area contributed by atoms with Crippen LogP contribution in [0.5, 0.6) is 11.5 Å². The van der Waals surface area contributed by atoms with Gasteiger partial charge in [0.2, 0.25) is 0 Å². The van der Waals surface area contributed by atoms with E-state index in [9.17, 15) is 13.2 Å². The number of aromatic nitrogens is 2. The van der Waals surface area contributed by atoms with Crippen molar-refractivity contribution in [1.82, 2.24) is 9.97 Å². The summed E-state index contributed by atoms with van der Waals surface area (Å²) in [7, 11) is -3.41. The number of carbonyl (C=O) groups excluding carboxylic acids is 1. The highest BCUT2D eigenvalue weighted by molar-refractivity contribution is 7.91. The Morgan fingerprint density at radius 2 is 1.75 bits per heavy atom. The third-order valence-corrected chi connectivity index (χ3v) is 5.61. The number of carbonyl (C=O) groups is 1. The van der Waals surface area contributed by atoms with Gasteiger partial charge in [-0.2, -0.15) is 0 Å². The van der Waals surface area contributed by atoms with E-state index in [2.05, 4.69) is 15.3 Å². The molecule has 1 amide bonds. The van der Waals surface area contributed by atoms with Crippen LogP contribution >= 0.6 is 0 Å². The molecule has 1 aromatic heterocycles. The van der Waals surface area contributed by atoms with Crippen LogP contribution in [0.2, 0.25) is 0 Å². The van der Waals surface area contributed by atoms with Crippen molar-refractivity contribution < 1.29 is 17.9 Å². The molecule has 0 aliphatic heterocycles. The molecule has 0 atom stereocenters. The normalized spacial score (nSPS) is 11.0. The van der Waals surface area contributed by atoms with E-state index in [0.29, 0.717) is 11.4 Å². The zero-order chi connectivity index (χ0) is 20.1. The number of nitrogen functional groups attached to an aromatic ring is 1. The molecular weight excluding hydrogens is 380 g/mol. The molecule has 0 bridgehead atoms. The fraction of sp³-hybridized carbons (Fsp3) is 0.105. The summed E-state index contributed by atoms with van der Waals surface area (Å²) >= 11 is 0. The van der Waals surface area contributed by atoms with Gasteiger partial charge in [-0.15, -0.1) is 0 Å². The van der Waals surface area contributed by atoms with E-state index < -0.39 is 15.7 Å². The average Bonchev–Trinajstić information content (AvgIpc) is 2.70. The Morgan fingerprint density at radius 3 is 2.43 bits per heavy atom. The summed E-state index contributed by atoms with van der Waals surface area (Å²) in [6.45, 7) is 1.58. The van der Waals surface area contributed by atoms with Gasteiger partial charge in [0.15, 0.2) is 21.3 Å². The molecule has 3 aromatic rings. The average molecular weight is 398 g/mol. The van der Waals surface area contributed by atoms with Crippen LogP contribution in [0, 0.1) is 0 Å². The van der Waals surface area contributed by atoms with E-state index in [-0.39, 0.29) is 27.9 Å². The van der Waals surface area contributed by atoms with E-state index in [1.807, 2.05) is 0 Å². The minimum Gasteiger partial charge on any atom is -0.456 e. The van der Waals surface area contributed by atoms with Crippen LogP contribution in [0.1, 0.15) is 17.4 Å². The summed E-state index contributed by atoms with van der Waals surface area (Å²) in [6.07, 6.45) is 2.78. The van der Waals surface area contributed by atoms with Crippen LogP contribution in [0.3, 0.4) is 0 Å². The van der Waals surface area contributed by atoms with E-state index in [0.717, 1.165) is 0 Å². The quantitative estimate of drug-likeness (QED) is 0.654. The fourth-order valence-electron chi connectivity index (χ4n) is 2.39. The number of nitrogens with one attached hydrogen (secondary N) is 1. The summed E-state index contributed by atoms with van der Waals surface area (Å²) in [5, 5.41) is 2.66. The Kier molecular flexibility index (Phi) is 5.55. The maximum atomic E-state index is 12.2. The highest BCUT2D eigenvalue weighted by Gasteiger charge is 2.18. The molecule has 0 aliphatic carbocycles. The lowest BCUT2D eigenvalue weighted by Gasteiger charge is -2.11. The lowest BCUT2D eigenvalue weighted by Crippen LogP contribution is -2.16. The first-order valence-electron chi connectivity index (χ1n) is 8.38. The predicted molar refractivity (Wildman–Crippen MR) is 105 cm³/mol. The molecule has 3 N–H and O–H groups in total. The molecular formula is C19H18N4O4S. The van der Waals surface area contributed by atoms with Gasteiger partial charge in [0.1, 0.15) is 16.4 Å². The van der Waals surface area contributed by atoms with Gasteiger partial charge in [-0.1, -0.05) is 19.1 Å². The number of hydrogen-bond acceptors (Lipinski definition) is 7. The Labute approximate surface area is 162 Å². The molecule has 28 heavy (non-hydrogen) atoms. The molecule has 0 unspecified atom stereocenters. The number of para-hydroxylation sites is 1. The van der Waals surface area contributed by atoms with E-state index in [1.165, 1.54) is 18.5 Å². The van der Waals surface area contributed by atoms with Crippen LogP contribution in [-0.4, -0.2) is 30.0 Å². The van der Waals surface area contributed by atoms with Crippen molar-refractivity contribution in [2.45, 2.75) is 11.8 Å². The molecule has 0 saturated carbocycles. The number of rotatable bonds is 6. The van der Waals surface area contributed by atoms with Crippen molar-refractivity contribution in [3.63, 3.8) is 0 Å². The number of amides is 1. The maximum Gasteiger partial charge on any atom is 0.278 e. The van der Waals surface area contributed by atoms with E-state index >= 15 is 0 Å². The number of hydrogen-bond donors (Lipinski definition) is 2. The van der Waals surface area contributed by atoms with E-state index in [4.69, 9.17) is 10.5 Å². The first kappa shape index (κ1) is 19.3. The summed E-state index contributed by atoms with van der Waals surface area (Å²) in [5.41, 5.74) is 6.17. The number of nitrogens with two attached hydrogens (primary N) is 1. The number of anilines is 2. The first-order chi connectivity index (χ1) is 13.4. The van der Waals surface area contributed by atoms with Gasteiger partial charge in [0.05, 0.1) is 5.75 Å². The van der Waals surface area contributed by atoms with Crippen LogP contribution in [0.25, 0.3) is 0 Å². The summed E-state index contributed by atoms with van der Waals surface area (Å²) < 4.78 is 30.1. The standard InChI is InChI=1S/C19H18N4O4S/c1-2-28(25,26)16-6-4-3-5-15(16)27-14-9-7-13(8-10-14)23-19(24)17-18(20)22-12-11-21-17/h3-12H,2H2,1H3,(H2,20,22)(H,23,24). The lowest BCUT2D eigenvalue weighted by atomic mass is 10.2. The summed E-state index contributed by atoms with van der Waals surface area (Å²) in [4.78, 5) is 20.1. The molecule has 1 heterocycles. The van der Waals surface area contributed by atoms with E-state index in [1.54, 1.807) is 49.4 Å². The third-order valence-electron chi connectivity index (χ3n) is 3.85. The van der Waals surface area contributed by atoms with Crippen molar-refractivity contribution in [3.05, 3.63) is 66.6 Å². The lowest BCUT2D eigenvalue weighted by molar-refractivity contribution is 0.102. The number of sulfone groups is 1. The Bertz CT molecular complexity index is 1100. The Balaban J connectivity index is 1.76. The van der Waals surface area contributed by atoms with Gasteiger partial charge in [0, 0.05) is 18.1 Å². The monoisotopic (exact) mass is 398 g/mol. The van der Waals surface area contributed by atoms with Crippen LogP contribution in [0.15, 0.2) is 65.8 Å². The SMILES string of the molecule is CCS(=O)(=O)c1ccccc1Oc1ccc(NC(=O)c2nccnc2N)cc1. The fourth-order valence-corrected chi connectivity index (χ4v) is 3.41. The van der Waals surface area contributed by atoms with Crippen molar-refractivity contribution in [3.8, 4) is 11.5 Å². The second-order valence-corrected chi connectivity index (χ2v) is 7.97. The molecule has 2 aromatic carbocycles. The molecule has 0 spiro atoms. The second kappa shape index (κ2) is 8.05. The molecule has 3 rings (SSSR count). The zero-order valence-corrected chi connectivity index (χ0v) is 15.8. The highest BCUT2D eigenvalue weighted by Crippen LogP contribution is 2.30.